The number of halogens is 1. The van der Waals surface area contributed by atoms with Gasteiger partial charge in [-0.2, -0.15) is 23.1 Å². The molecule has 1 aliphatic rings. The standard InChI is InChI=1S/C12H18BrNS2/c1-2-5-14-12(11-4-3-6-16-11)9-7-15-8-10(9)13/h7-8,11-12,14H,2-6H2,1H3. The maximum Gasteiger partial charge on any atom is 0.0460 e. The summed E-state index contributed by atoms with van der Waals surface area (Å²) in [6.45, 7) is 3.35. The molecule has 90 valence electrons. The van der Waals surface area contributed by atoms with Crippen LogP contribution in [0, 0.1) is 0 Å². The summed E-state index contributed by atoms with van der Waals surface area (Å²) in [7, 11) is 0. The van der Waals surface area contributed by atoms with E-state index in [1.165, 1.54) is 35.1 Å². The van der Waals surface area contributed by atoms with Gasteiger partial charge in [0.15, 0.2) is 0 Å². The molecule has 1 N–H and O–H groups in total. The molecule has 0 aromatic carbocycles. The van der Waals surface area contributed by atoms with E-state index >= 15 is 0 Å². The maximum absolute atomic E-state index is 3.71. The van der Waals surface area contributed by atoms with Gasteiger partial charge in [-0.3, -0.25) is 0 Å². The highest BCUT2D eigenvalue weighted by atomic mass is 79.9. The smallest absolute Gasteiger partial charge is 0.0460 e. The minimum Gasteiger partial charge on any atom is -0.309 e. The van der Waals surface area contributed by atoms with Gasteiger partial charge in [0, 0.05) is 21.1 Å². The van der Waals surface area contributed by atoms with Gasteiger partial charge in [0.25, 0.3) is 0 Å². The molecule has 0 spiro atoms. The summed E-state index contributed by atoms with van der Waals surface area (Å²) in [6, 6.07) is 0.535. The van der Waals surface area contributed by atoms with Crippen molar-refractivity contribution in [3.05, 3.63) is 20.8 Å². The van der Waals surface area contributed by atoms with Crippen LogP contribution in [0.25, 0.3) is 0 Å². The fraction of sp³-hybridized carbons (Fsp3) is 0.667. The molecule has 1 aromatic heterocycles. The molecule has 0 radical (unpaired) electrons. The van der Waals surface area contributed by atoms with Gasteiger partial charge in [0.1, 0.15) is 0 Å². The van der Waals surface area contributed by atoms with E-state index in [9.17, 15) is 0 Å². The molecular formula is C12H18BrNS2. The van der Waals surface area contributed by atoms with Crippen molar-refractivity contribution in [2.24, 2.45) is 0 Å². The molecule has 0 saturated carbocycles. The molecule has 1 fully saturated rings. The molecule has 2 unspecified atom stereocenters. The van der Waals surface area contributed by atoms with Crippen LogP contribution in [0.2, 0.25) is 0 Å². The molecule has 0 amide bonds. The molecule has 0 bridgehead atoms. The van der Waals surface area contributed by atoms with E-state index in [0.717, 1.165) is 11.8 Å². The lowest BCUT2D eigenvalue weighted by molar-refractivity contribution is 0.503. The molecule has 16 heavy (non-hydrogen) atoms. The Kier molecular flexibility index (Phi) is 5.20. The minimum atomic E-state index is 0.535. The highest BCUT2D eigenvalue weighted by molar-refractivity contribution is 9.10. The summed E-state index contributed by atoms with van der Waals surface area (Å²) in [5, 5.41) is 8.95. The van der Waals surface area contributed by atoms with E-state index in [1.54, 1.807) is 11.3 Å². The van der Waals surface area contributed by atoms with Gasteiger partial charge in [0.2, 0.25) is 0 Å². The Hall–Kier alpha value is 0.490. The topological polar surface area (TPSA) is 12.0 Å². The third kappa shape index (κ3) is 3.03. The van der Waals surface area contributed by atoms with Crippen molar-refractivity contribution in [2.75, 3.05) is 12.3 Å². The summed E-state index contributed by atoms with van der Waals surface area (Å²) >= 11 is 7.59. The van der Waals surface area contributed by atoms with Crippen molar-refractivity contribution in [2.45, 2.75) is 37.5 Å². The zero-order valence-electron chi connectivity index (χ0n) is 9.54. The molecule has 4 heteroatoms. The second-order valence-electron chi connectivity index (χ2n) is 4.16. The average Bonchev–Trinajstić information content (AvgIpc) is 2.91. The summed E-state index contributed by atoms with van der Waals surface area (Å²) in [6.07, 6.45) is 3.94. The highest BCUT2D eigenvalue weighted by Crippen LogP contribution is 2.39. The first kappa shape index (κ1) is 12.9. The van der Waals surface area contributed by atoms with Crippen LogP contribution in [0.3, 0.4) is 0 Å². The van der Waals surface area contributed by atoms with Gasteiger partial charge < -0.3 is 5.32 Å². The highest BCUT2D eigenvalue weighted by Gasteiger charge is 2.28. The van der Waals surface area contributed by atoms with Crippen molar-refractivity contribution in [1.82, 2.24) is 5.32 Å². The monoisotopic (exact) mass is 319 g/mol. The van der Waals surface area contributed by atoms with Crippen molar-refractivity contribution < 1.29 is 0 Å². The molecular weight excluding hydrogens is 302 g/mol. The van der Waals surface area contributed by atoms with Gasteiger partial charge in [-0.25, -0.2) is 0 Å². The lowest BCUT2D eigenvalue weighted by Gasteiger charge is -2.24. The van der Waals surface area contributed by atoms with Crippen LogP contribution in [0.4, 0.5) is 0 Å². The number of rotatable bonds is 5. The van der Waals surface area contributed by atoms with Crippen molar-refractivity contribution in [3.63, 3.8) is 0 Å². The lowest BCUT2D eigenvalue weighted by Crippen LogP contribution is -2.29. The predicted molar refractivity (Wildman–Crippen MR) is 78.5 cm³/mol. The largest absolute Gasteiger partial charge is 0.309 e. The van der Waals surface area contributed by atoms with Crippen LogP contribution in [0.1, 0.15) is 37.8 Å². The quantitative estimate of drug-likeness (QED) is 0.860. The number of hydrogen-bond acceptors (Lipinski definition) is 3. The minimum absolute atomic E-state index is 0.535. The van der Waals surface area contributed by atoms with Crippen LogP contribution in [0.5, 0.6) is 0 Å². The predicted octanol–water partition coefficient (Wildman–Crippen LogP) is 4.45. The fourth-order valence-corrected chi connectivity index (χ4v) is 5.11. The van der Waals surface area contributed by atoms with E-state index < -0.39 is 0 Å². The number of thioether (sulfide) groups is 1. The lowest BCUT2D eigenvalue weighted by atomic mass is 10.0. The van der Waals surface area contributed by atoms with E-state index in [0.29, 0.717) is 6.04 Å². The van der Waals surface area contributed by atoms with Gasteiger partial charge in [-0.1, -0.05) is 6.92 Å². The Morgan fingerprint density at radius 3 is 3.00 bits per heavy atom. The first-order chi connectivity index (χ1) is 7.83. The molecule has 1 nitrogen and oxygen atoms in total. The third-order valence-electron chi connectivity index (χ3n) is 2.93. The van der Waals surface area contributed by atoms with E-state index in [1.807, 2.05) is 0 Å². The second kappa shape index (κ2) is 6.43. The van der Waals surface area contributed by atoms with Crippen molar-refractivity contribution in [3.8, 4) is 0 Å². The van der Waals surface area contributed by atoms with Gasteiger partial charge in [0.05, 0.1) is 0 Å². The normalized spacial score (nSPS) is 22.5. The van der Waals surface area contributed by atoms with E-state index in [2.05, 4.69) is 50.7 Å². The summed E-state index contributed by atoms with van der Waals surface area (Å²) < 4.78 is 1.28. The fourth-order valence-electron chi connectivity index (χ4n) is 2.12. The van der Waals surface area contributed by atoms with Crippen LogP contribution in [0.15, 0.2) is 15.2 Å². The first-order valence-corrected chi connectivity index (χ1v) is 8.68. The summed E-state index contributed by atoms with van der Waals surface area (Å²) in [4.78, 5) is 0. The number of hydrogen-bond donors (Lipinski definition) is 1. The molecule has 1 aromatic rings. The number of thiophene rings is 1. The van der Waals surface area contributed by atoms with Crippen LogP contribution >= 0.6 is 39.0 Å². The summed E-state index contributed by atoms with van der Waals surface area (Å²) in [5.74, 6) is 1.33. The maximum atomic E-state index is 3.71. The van der Waals surface area contributed by atoms with Crippen molar-refractivity contribution >= 4 is 39.0 Å². The van der Waals surface area contributed by atoms with E-state index in [-0.39, 0.29) is 0 Å². The van der Waals surface area contributed by atoms with Gasteiger partial charge >= 0.3 is 0 Å². The van der Waals surface area contributed by atoms with Crippen LogP contribution in [-0.4, -0.2) is 17.5 Å². The third-order valence-corrected chi connectivity index (χ3v) is 6.14. The Bertz CT molecular complexity index is 321. The van der Waals surface area contributed by atoms with E-state index in [4.69, 9.17) is 0 Å². The molecule has 2 atom stereocenters. The Labute approximate surface area is 115 Å². The van der Waals surface area contributed by atoms with Crippen LogP contribution in [-0.2, 0) is 0 Å². The Morgan fingerprint density at radius 2 is 2.44 bits per heavy atom. The molecule has 2 heterocycles. The SMILES string of the molecule is CCCNC(c1cscc1Br)C1CCCS1. The zero-order valence-corrected chi connectivity index (χ0v) is 12.8. The Balaban J connectivity index is 2.10. The van der Waals surface area contributed by atoms with Crippen LogP contribution < -0.4 is 5.32 Å². The molecule has 1 saturated heterocycles. The first-order valence-electron chi connectivity index (χ1n) is 5.89. The second-order valence-corrected chi connectivity index (χ2v) is 7.10. The molecule has 2 rings (SSSR count). The molecule has 1 aliphatic heterocycles. The Morgan fingerprint density at radius 1 is 1.56 bits per heavy atom. The number of nitrogens with one attached hydrogen (secondary N) is 1. The van der Waals surface area contributed by atoms with Crippen molar-refractivity contribution in [1.29, 1.82) is 0 Å². The summed E-state index contributed by atoms with van der Waals surface area (Å²) in [5.41, 5.74) is 1.46. The van der Waals surface area contributed by atoms with Gasteiger partial charge in [-0.15, -0.1) is 0 Å². The zero-order chi connectivity index (χ0) is 11.4. The molecule has 0 aliphatic carbocycles. The van der Waals surface area contributed by atoms with Gasteiger partial charge in [-0.05, 0) is 58.4 Å². The average molecular weight is 320 g/mol.